The van der Waals surface area contributed by atoms with Crippen LogP contribution in [0.15, 0.2) is 36.5 Å². The van der Waals surface area contributed by atoms with E-state index < -0.39 is 5.79 Å². The number of hydrogen-bond donors (Lipinski definition) is 1. The Kier molecular flexibility index (Phi) is 4.78. The van der Waals surface area contributed by atoms with Gasteiger partial charge in [-0.3, -0.25) is 4.79 Å². The van der Waals surface area contributed by atoms with E-state index in [0.717, 1.165) is 31.4 Å². The van der Waals surface area contributed by atoms with Crippen LogP contribution in [0.4, 0.5) is 11.5 Å². The maximum atomic E-state index is 12.4. The van der Waals surface area contributed by atoms with Crippen molar-refractivity contribution in [2.75, 3.05) is 23.8 Å². The lowest BCUT2D eigenvalue weighted by Crippen LogP contribution is -2.40. The molecule has 0 atom stereocenters. The first-order valence-electron chi connectivity index (χ1n) is 9.46. The summed E-state index contributed by atoms with van der Waals surface area (Å²) in [6.07, 6.45) is 6.70. The van der Waals surface area contributed by atoms with Crippen LogP contribution in [0, 0.1) is 11.3 Å². The first-order chi connectivity index (χ1) is 13.6. The number of nitriles is 1. The van der Waals surface area contributed by atoms with Crippen molar-refractivity contribution in [3.63, 3.8) is 0 Å². The summed E-state index contributed by atoms with van der Waals surface area (Å²) in [6.45, 7) is 0.136. The van der Waals surface area contributed by atoms with Crippen LogP contribution in [0.3, 0.4) is 0 Å². The Bertz CT molecular complexity index is 914. The second kappa shape index (κ2) is 7.39. The fourth-order valence-electron chi connectivity index (χ4n) is 3.64. The summed E-state index contributed by atoms with van der Waals surface area (Å²) in [5.41, 5.74) is 1.15. The van der Waals surface area contributed by atoms with Crippen molar-refractivity contribution in [3.8, 4) is 17.6 Å². The molecule has 1 spiro atoms. The average molecular weight is 378 g/mol. The van der Waals surface area contributed by atoms with Crippen LogP contribution in [0.1, 0.15) is 37.7 Å². The molecule has 0 bridgehead atoms. The highest BCUT2D eigenvalue weighted by Gasteiger charge is 2.42. The first kappa shape index (κ1) is 18.1. The minimum Gasteiger partial charge on any atom is -0.448 e. The molecule has 7 heteroatoms. The number of nitrogens with zero attached hydrogens (tertiary/aromatic N) is 3. The maximum absolute atomic E-state index is 12.4. The maximum Gasteiger partial charge on any atom is 0.251 e. The van der Waals surface area contributed by atoms with Crippen LogP contribution in [0.5, 0.6) is 11.5 Å². The van der Waals surface area contributed by atoms with Crippen molar-refractivity contribution in [2.24, 2.45) is 0 Å². The van der Waals surface area contributed by atoms with Gasteiger partial charge < -0.3 is 19.7 Å². The molecule has 0 unspecified atom stereocenters. The summed E-state index contributed by atoms with van der Waals surface area (Å²) >= 11 is 0. The molecule has 1 aliphatic carbocycles. The van der Waals surface area contributed by atoms with Crippen molar-refractivity contribution in [2.45, 2.75) is 37.9 Å². The van der Waals surface area contributed by atoms with Crippen molar-refractivity contribution < 1.29 is 14.3 Å². The van der Waals surface area contributed by atoms with E-state index >= 15 is 0 Å². The molecule has 1 aromatic heterocycles. The van der Waals surface area contributed by atoms with Gasteiger partial charge in [-0.25, -0.2) is 4.98 Å². The number of carbonyl (C=O) groups excluding carboxylic acids is 1. The summed E-state index contributed by atoms with van der Waals surface area (Å²) in [5.74, 6) is 1.35. The lowest BCUT2D eigenvalue weighted by atomic mass is 9.94. The van der Waals surface area contributed by atoms with Gasteiger partial charge in [-0.15, -0.1) is 0 Å². The largest absolute Gasteiger partial charge is 0.448 e. The average Bonchev–Trinajstić information content (AvgIpc) is 3.04. The van der Waals surface area contributed by atoms with Crippen LogP contribution in [0.25, 0.3) is 0 Å². The number of aromatic nitrogens is 1. The SMILES string of the molecule is CN(CC(=O)Nc1ccc2c(c1)OC1(CCCCC1)O2)c1ccc(C#N)cn1. The van der Waals surface area contributed by atoms with E-state index in [2.05, 4.69) is 10.3 Å². The minimum absolute atomic E-state index is 0.136. The predicted octanol–water partition coefficient (Wildman–Crippen LogP) is 3.46. The molecule has 1 aliphatic heterocycles. The second-order valence-corrected chi connectivity index (χ2v) is 7.26. The van der Waals surface area contributed by atoms with Gasteiger partial charge in [0.1, 0.15) is 11.9 Å². The van der Waals surface area contributed by atoms with E-state index in [9.17, 15) is 4.79 Å². The summed E-state index contributed by atoms with van der Waals surface area (Å²) in [7, 11) is 1.78. The van der Waals surface area contributed by atoms with E-state index in [4.69, 9.17) is 14.7 Å². The van der Waals surface area contributed by atoms with Crippen LogP contribution >= 0.6 is 0 Å². The number of likely N-dealkylation sites (N-methyl/N-ethyl adjacent to an activating group) is 1. The van der Waals surface area contributed by atoms with Gasteiger partial charge in [-0.2, -0.15) is 5.26 Å². The normalized spacial score (nSPS) is 16.4. The molecule has 144 valence electrons. The van der Waals surface area contributed by atoms with E-state index in [0.29, 0.717) is 22.8 Å². The van der Waals surface area contributed by atoms with Gasteiger partial charge in [0.05, 0.1) is 12.1 Å². The van der Waals surface area contributed by atoms with Crippen LogP contribution < -0.4 is 19.7 Å². The third kappa shape index (κ3) is 3.72. The number of anilines is 2. The number of amides is 1. The number of benzene rings is 1. The molecule has 0 radical (unpaired) electrons. The number of carbonyl (C=O) groups is 1. The summed E-state index contributed by atoms with van der Waals surface area (Å²) in [5, 5.41) is 11.7. The Labute approximate surface area is 163 Å². The van der Waals surface area contributed by atoms with Gasteiger partial charge in [-0.1, -0.05) is 6.42 Å². The molecular weight excluding hydrogens is 356 g/mol. The monoisotopic (exact) mass is 378 g/mol. The molecule has 1 aromatic carbocycles. The molecule has 2 heterocycles. The highest BCUT2D eigenvalue weighted by Crippen LogP contribution is 2.46. The van der Waals surface area contributed by atoms with Crippen LogP contribution in [-0.2, 0) is 4.79 Å². The Morgan fingerprint density at radius 3 is 2.71 bits per heavy atom. The number of fused-ring (bicyclic) bond motifs is 1. The molecule has 2 aliphatic rings. The smallest absolute Gasteiger partial charge is 0.251 e. The highest BCUT2D eigenvalue weighted by molar-refractivity contribution is 5.94. The van der Waals surface area contributed by atoms with Crippen molar-refractivity contribution in [1.29, 1.82) is 5.26 Å². The predicted molar refractivity (Wildman–Crippen MR) is 104 cm³/mol. The highest BCUT2D eigenvalue weighted by atomic mass is 16.7. The fourth-order valence-corrected chi connectivity index (χ4v) is 3.64. The molecule has 7 nitrogen and oxygen atoms in total. The molecule has 4 rings (SSSR count). The molecule has 2 aromatic rings. The first-order valence-corrected chi connectivity index (χ1v) is 9.46. The van der Waals surface area contributed by atoms with Gasteiger partial charge in [-0.05, 0) is 37.1 Å². The number of nitrogens with one attached hydrogen (secondary N) is 1. The van der Waals surface area contributed by atoms with E-state index in [1.165, 1.54) is 12.6 Å². The summed E-state index contributed by atoms with van der Waals surface area (Å²) < 4.78 is 12.2. The van der Waals surface area contributed by atoms with Crippen molar-refractivity contribution in [3.05, 3.63) is 42.1 Å². The number of hydrogen-bond acceptors (Lipinski definition) is 6. The minimum atomic E-state index is -0.523. The summed E-state index contributed by atoms with van der Waals surface area (Å²) in [6, 6.07) is 10.9. The molecule has 1 fully saturated rings. The number of rotatable bonds is 4. The number of ether oxygens (including phenoxy) is 2. The Morgan fingerprint density at radius 1 is 1.21 bits per heavy atom. The van der Waals surface area contributed by atoms with E-state index in [1.54, 1.807) is 24.1 Å². The van der Waals surface area contributed by atoms with E-state index in [1.807, 2.05) is 24.3 Å². The van der Waals surface area contributed by atoms with Gasteiger partial charge in [0.15, 0.2) is 11.5 Å². The molecule has 1 N–H and O–H groups in total. The molecular formula is C21H22N4O3. The van der Waals surface area contributed by atoms with Crippen molar-refractivity contribution in [1.82, 2.24) is 4.98 Å². The topological polar surface area (TPSA) is 87.5 Å². The Balaban J connectivity index is 1.38. The van der Waals surface area contributed by atoms with E-state index in [-0.39, 0.29) is 12.5 Å². The zero-order valence-corrected chi connectivity index (χ0v) is 15.8. The fraction of sp³-hybridized carbons (Fsp3) is 0.381. The van der Waals surface area contributed by atoms with Crippen LogP contribution in [-0.4, -0.2) is 30.3 Å². The Hall–Kier alpha value is -3.27. The number of pyridine rings is 1. The van der Waals surface area contributed by atoms with Crippen LogP contribution in [0.2, 0.25) is 0 Å². The zero-order chi connectivity index (χ0) is 19.6. The van der Waals surface area contributed by atoms with Gasteiger partial charge >= 0.3 is 0 Å². The van der Waals surface area contributed by atoms with Crippen molar-refractivity contribution >= 4 is 17.4 Å². The zero-order valence-electron chi connectivity index (χ0n) is 15.8. The lowest BCUT2D eigenvalue weighted by molar-refractivity contribution is -0.114. The van der Waals surface area contributed by atoms with Gasteiger partial charge in [0.25, 0.3) is 5.79 Å². The molecule has 0 saturated heterocycles. The third-order valence-corrected chi connectivity index (χ3v) is 5.08. The van der Waals surface area contributed by atoms with Gasteiger partial charge in [0, 0.05) is 37.8 Å². The molecule has 1 saturated carbocycles. The molecule has 1 amide bonds. The van der Waals surface area contributed by atoms with Gasteiger partial charge in [0.2, 0.25) is 5.91 Å². The second-order valence-electron chi connectivity index (χ2n) is 7.26. The Morgan fingerprint density at radius 2 is 2.00 bits per heavy atom. The standard InChI is InChI=1S/C21H22N4O3/c1-25(19-8-5-15(12-22)13-23-19)14-20(26)24-16-6-7-17-18(11-16)28-21(27-17)9-3-2-4-10-21/h5-8,11,13H,2-4,9-10,14H2,1H3,(H,24,26). The lowest BCUT2D eigenvalue weighted by Gasteiger charge is -2.31. The summed E-state index contributed by atoms with van der Waals surface area (Å²) in [4.78, 5) is 18.3. The quantitative estimate of drug-likeness (QED) is 0.877. The molecule has 28 heavy (non-hydrogen) atoms. The third-order valence-electron chi connectivity index (χ3n) is 5.08.